The SMILES string of the molecule is CC1NN2CCCC(C3CCC3)C2(C2CCCCC2)N1. The van der Waals surface area contributed by atoms with Crippen LogP contribution in [0.25, 0.3) is 0 Å². The summed E-state index contributed by atoms with van der Waals surface area (Å²) in [4.78, 5) is 0. The Balaban J connectivity index is 1.66. The molecule has 0 spiro atoms. The van der Waals surface area contributed by atoms with Gasteiger partial charge in [-0.2, -0.15) is 0 Å². The topological polar surface area (TPSA) is 27.3 Å². The van der Waals surface area contributed by atoms with Gasteiger partial charge in [-0.15, -0.1) is 0 Å². The molecular formula is C17H31N3. The monoisotopic (exact) mass is 277 g/mol. The summed E-state index contributed by atoms with van der Waals surface area (Å²) in [6, 6.07) is 0. The van der Waals surface area contributed by atoms with Crippen LogP contribution >= 0.6 is 0 Å². The molecule has 0 bridgehead atoms. The molecule has 0 aromatic rings. The van der Waals surface area contributed by atoms with Crippen LogP contribution in [0.5, 0.6) is 0 Å². The van der Waals surface area contributed by atoms with Crippen LogP contribution in [0.2, 0.25) is 0 Å². The first-order chi connectivity index (χ1) is 9.80. The summed E-state index contributed by atoms with van der Waals surface area (Å²) in [7, 11) is 0. The third-order valence-corrected chi connectivity index (χ3v) is 6.65. The highest BCUT2D eigenvalue weighted by Crippen LogP contribution is 2.51. The lowest BCUT2D eigenvalue weighted by atomic mass is 9.61. The number of fused-ring (bicyclic) bond motifs is 1. The molecule has 2 saturated carbocycles. The van der Waals surface area contributed by atoms with Crippen molar-refractivity contribution >= 4 is 0 Å². The van der Waals surface area contributed by atoms with Crippen molar-refractivity contribution in [3.05, 3.63) is 0 Å². The molecule has 3 unspecified atom stereocenters. The van der Waals surface area contributed by atoms with E-state index in [0.717, 1.165) is 17.8 Å². The van der Waals surface area contributed by atoms with Gasteiger partial charge in [-0.25, -0.2) is 10.4 Å². The zero-order valence-corrected chi connectivity index (χ0v) is 13.0. The number of hydrogen-bond donors (Lipinski definition) is 2. The largest absolute Gasteiger partial charge is 0.281 e. The summed E-state index contributed by atoms with van der Waals surface area (Å²) in [5.74, 6) is 2.77. The molecule has 2 N–H and O–H groups in total. The van der Waals surface area contributed by atoms with E-state index in [1.54, 1.807) is 0 Å². The van der Waals surface area contributed by atoms with E-state index < -0.39 is 0 Å². The van der Waals surface area contributed by atoms with Crippen molar-refractivity contribution in [2.75, 3.05) is 6.54 Å². The Labute approximate surface area is 123 Å². The van der Waals surface area contributed by atoms with E-state index in [4.69, 9.17) is 0 Å². The molecule has 2 aliphatic heterocycles. The Hall–Kier alpha value is -0.120. The summed E-state index contributed by atoms with van der Waals surface area (Å²) >= 11 is 0. The van der Waals surface area contributed by atoms with E-state index in [0.29, 0.717) is 11.8 Å². The van der Waals surface area contributed by atoms with Crippen LogP contribution in [0, 0.1) is 17.8 Å². The summed E-state index contributed by atoms with van der Waals surface area (Å²) in [5.41, 5.74) is 4.04. The van der Waals surface area contributed by atoms with Crippen molar-refractivity contribution < 1.29 is 0 Å². The Morgan fingerprint density at radius 1 is 0.900 bits per heavy atom. The van der Waals surface area contributed by atoms with Crippen LogP contribution < -0.4 is 10.7 Å². The van der Waals surface area contributed by atoms with Crippen LogP contribution in [-0.4, -0.2) is 23.4 Å². The summed E-state index contributed by atoms with van der Waals surface area (Å²) in [5, 5.41) is 6.71. The molecule has 114 valence electrons. The van der Waals surface area contributed by atoms with E-state index in [1.807, 2.05) is 0 Å². The fraction of sp³-hybridized carbons (Fsp3) is 1.00. The number of nitrogens with one attached hydrogen (secondary N) is 2. The fourth-order valence-electron chi connectivity index (χ4n) is 5.66. The maximum atomic E-state index is 4.05. The zero-order valence-electron chi connectivity index (χ0n) is 13.0. The minimum atomic E-state index is 0.295. The van der Waals surface area contributed by atoms with Crippen molar-refractivity contribution in [1.29, 1.82) is 0 Å². The van der Waals surface area contributed by atoms with E-state index in [2.05, 4.69) is 22.7 Å². The van der Waals surface area contributed by atoms with Gasteiger partial charge in [-0.05, 0) is 50.4 Å². The highest BCUT2D eigenvalue weighted by molar-refractivity contribution is 5.07. The second kappa shape index (κ2) is 5.26. The van der Waals surface area contributed by atoms with Crippen LogP contribution in [0.15, 0.2) is 0 Å². The van der Waals surface area contributed by atoms with Gasteiger partial charge in [0.2, 0.25) is 0 Å². The molecule has 4 fully saturated rings. The second-order valence-electron chi connectivity index (χ2n) is 7.75. The van der Waals surface area contributed by atoms with E-state index >= 15 is 0 Å². The highest BCUT2D eigenvalue weighted by Gasteiger charge is 2.57. The lowest BCUT2D eigenvalue weighted by molar-refractivity contribution is -0.0990. The second-order valence-corrected chi connectivity index (χ2v) is 7.75. The van der Waals surface area contributed by atoms with Gasteiger partial charge in [0.25, 0.3) is 0 Å². The normalized spacial score (nSPS) is 44.2. The predicted molar refractivity (Wildman–Crippen MR) is 81.8 cm³/mol. The lowest BCUT2D eigenvalue weighted by Crippen LogP contribution is -2.67. The smallest absolute Gasteiger partial charge is 0.0917 e. The molecule has 2 saturated heterocycles. The number of rotatable bonds is 2. The third kappa shape index (κ3) is 1.97. The quantitative estimate of drug-likeness (QED) is 0.811. The van der Waals surface area contributed by atoms with Gasteiger partial charge >= 0.3 is 0 Å². The molecule has 20 heavy (non-hydrogen) atoms. The van der Waals surface area contributed by atoms with E-state index in [-0.39, 0.29) is 0 Å². The summed E-state index contributed by atoms with van der Waals surface area (Å²) < 4.78 is 0. The molecule has 3 nitrogen and oxygen atoms in total. The van der Waals surface area contributed by atoms with Crippen molar-refractivity contribution in [3.8, 4) is 0 Å². The molecule has 3 heteroatoms. The number of hydrogen-bond acceptors (Lipinski definition) is 3. The molecule has 0 amide bonds. The Bertz CT molecular complexity index is 348. The molecule has 4 aliphatic rings. The van der Waals surface area contributed by atoms with Gasteiger partial charge in [0.05, 0.1) is 11.8 Å². The van der Waals surface area contributed by atoms with Crippen molar-refractivity contribution in [1.82, 2.24) is 15.8 Å². The summed E-state index contributed by atoms with van der Waals surface area (Å²) in [6.07, 6.45) is 15.0. The predicted octanol–water partition coefficient (Wildman–Crippen LogP) is 3.23. The molecule has 0 radical (unpaired) electrons. The van der Waals surface area contributed by atoms with Gasteiger partial charge in [0.15, 0.2) is 0 Å². The van der Waals surface area contributed by atoms with Gasteiger partial charge in [-0.3, -0.25) is 5.32 Å². The van der Waals surface area contributed by atoms with Gasteiger partial charge in [0, 0.05) is 6.54 Å². The van der Waals surface area contributed by atoms with Gasteiger partial charge < -0.3 is 0 Å². The van der Waals surface area contributed by atoms with Crippen LogP contribution in [0.1, 0.15) is 71.1 Å². The van der Waals surface area contributed by atoms with Crippen molar-refractivity contribution in [3.63, 3.8) is 0 Å². The average molecular weight is 277 g/mol. The maximum absolute atomic E-state index is 4.05. The Kier molecular flexibility index (Phi) is 3.56. The molecule has 4 rings (SSSR count). The Morgan fingerprint density at radius 2 is 1.70 bits per heavy atom. The minimum Gasteiger partial charge on any atom is -0.281 e. The minimum absolute atomic E-state index is 0.295. The number of hydrazine groups is 1. The van der Waals surface area contributed by atoms with E-state index in [9.17, 15) is 0 Å². The average Bonchev–Trinajstić information content (AvgIpc) is 2.76. The zero-order chi connectivity index (χ0) is 13.6. The molecule has 2 heterocycles. The first-order valence-electron chi connectivity index (χ1n) is 9.12. The molecule has 2 aliphatic carbocycles. The first-order valence-corrected chi connectivity index (χ1v) is 9.12. The number of nitrogens with zero attached hydrogens (tertiary/aromatic N) is 1. The molecule has 3 atom stereocenters. The standard InChI is InChI=1S/C17H31N3/c1-13-18-17(15-9-3-2-4-10-15)16(14-7-5-8-14)11-6-12-20(17)19-13/h13-16,18-19H,2-12H2,1H3. The van der Waals surface area contributed by atoms with Crippen LogP contribution in [0.4, 0.5) is 0 Å². The van der Waals surface area contributed by atoms with Crippen molar-refractivity contribution in [2.45, 2.75) is 83.0 Å². The number of piperidine rings is 1. The van der Waals surface area contributed by atoms with Crippen molar-refractivity contribution in [2.24, 2.45) is 17.8 Å². The fourth-order valence-corrected chi connectivity index (χ4v) is 5.66. The summed E-state index contributed by atoms with van der Waals surface area (Å²) in [6.45, 7) is 3.55. The van der Waals surface area contributed by atoms with Gasteiger partial charge in [0.1, 0.15) is 0 Å². The molecule has 0 aromatic heterocycles. The maximum Gasteiger partial charge on any atom is 0.0917 e. The third-order valence-electron chi connectivity index (χ3n) is 6.65. The van der Waals surface area contributed by atoms with Crippen LogP contribution in [-0.2, 0) is 0 Å². The molecular weight excluding hydrogens is 246 g/mol. The van der Waals surface area contributed by atoms with Gasteiger partial charge in [-0.1, -0.05) is 38.5 Å². The molecule has 0 aromatic carbocycles. The first kappa shape index (κ1) is 13.5. The van der Waals surface area contributed by atoms with Crippen LogP contribution in [0.3, 0.4) is 0 Å². The van der Waals surface area contributed by atoms with E-state index in [1.165, 1.54) is 70.8 Å². The highest BCUT2D eigenvalue weighted by atomic mass is 15.7. The Morgan fingerprint density at radius 3 is 2.40 bits per heavy atom. The lowest BCUT2D eigenvalue weighted by Gasteiger charge is -2.56.